The number of hydrogen-bond acceptors (Lipinski definition) is 0. The van der Waals surface area contributed by atoms with Crippen LogP contribution in [0.4, 0.5) is 0 Å². The van der Waals surface area contributed by atoms with E-state index < -0.39 is 39.4 Å². The van der Waals surface area contributed by atoms with Crippen LogP contribution in [-0.4, -0.2) is 16.1 Å². The molecule has 2 aliphatic carbocycles. The summed E-state index contributed by atoms with van der Waals surface area (Å²) in [6.07, 6.45) is 31.1. The van der Waals surface area contributed by atoms with Gasteiger partial charge in [-0.1, -0.05) is 0 Å². The van der Waals surface area contributed by atoms with Gasteiger partial charge in [-0.15, -0.1) is 0 Å². The maximum atomic E-state index is 2.95. The first-order valence-corrected chi connectivity index (χ1v) is 22.3. The monoisotopic (exact) mass is 626 g/mol. The number of allylic oxidation sites excluding steroid dienone is 8. The van der Waals surface area contributed by atoms with Crippen molar-refractivity contribution in [1.29, 1.82) is 0 Å². The average Bonchev–Trinajstić information content (AvgIpc) is 3.36. The van der Waals surface area contributed by atoms with Gasteiger partial charge in [0.05, 0.1) is 0 Å². The maximum Gasteiger partial charge on any atom is -1.00 e. The van der Waals surface area contributed by atoms with E-state index in [4.69, 9.17) is 0 Å². The van der Waals surface area contributed by atoms with E-state index in [0.29, 0.717) is 6.25 Å². The van der Waals surface area contributed by atoms with Gasteiger partial charge < -0.3 is 24.8 Å². The number of unbranched alkanes of at least 4 members (excludes halogenated alkanes) is 2. The van der Waals surface area contributed by atoms with Crippen molar-refractivity contribution in [3.63, 3.8) is 0 Å². The quantitative estimate of drug-likeness (QED) is 0.251. The zero-order chi connectivity index (χ0) is 23.4. The van der Waals surface area contributed by atoms with Crippen LogP contribution in [0.15, 0.2) is 46.8 Å². The Kier molecular flexibility index (Phi) is 12.6. The second-order valence-corrected chi connectivity index (χ2v) is 26.5. The first-order chi connectivity index (χ1) is 16.0. The van der Waals surface area contributed by atoms with Crippen molar-refractivity contribution in [3.8, 4) is 0 Å². The molecule has 0 radical (unpaired) electrons. The van der Waals surface area contributed by atoms with Crippen LogP contribution in [0.5, 0.6) is 0 Å². The fourth-order valence-corrected chi connectivity index (χ4v) is 22.7. The number of halogens is 2. The van der Waals surface area contributed by atoms with Crippen molar-refractivity contribution in [1.82, 2.24) is 0 Å². The van der Waals surface area contributed by atoms with E-state index in [1.54, 1.807) is 36.3 Å². The summed E-state index contributed by atoms with van der Waals surface area (Å²) in [5.41, 5.74) is 0. The predicted molar refractivity (Wildman–Crippen MR) is 149 cm³/mol. The fraction of sp³-hybridized carbons (Fsp3) is 0.733. The first kappa shape index (κ1) is 32.1. The van der Waals surface area contributed by atoms with Gasteiger partial charge in [0.25, 0.3) is 0 Å². The molecule has 2 saturated heterocycles. The largest absolute Gasteiger partial charge is 1.00 e. The van der Waals surface area contributed by atoms with Crippen LogP contribution in [0.1, 0.15) is 91.9 Å². The van der Waals surface area contributed by atoms with Crippen LogP contribution in [0.2, 0.25) is 42.5 Å². The minimum atomic E-state index is -1.12. The third-order valence-electron chi connectivity index (χ3n) is 9.60. The Bertz CT molecular complexity index is 743. The van der Waals surface area contributed by atoms with E-state index in [1.165, 1.54) is 64.2 Å². The molecule has 0 spiro atoms. The minimum absolute atomic E-state index is 0. The van der Waals surface area contributed by atoms with Gasteiger partial charge in [-0.2, -0.15) is 0 Å². The van der Waals surface area contributed by atoms with E-state index in [0.717, 1.165) is 0 Å². The molecule has 196 valence electrons. The second-order valence-electron chi connectivity index (χ2n) is 12.0. The Morgan fingerprint density at radius 1 is 0.657 bits per heavy atom. The molecule has 2 fully saturated rings. The molecule has 0 amide bonds. The third-order valence-corrected chi connectivity index (χ3v) is 25.9. The van der Waals surface area contributed by atoms with E-state index in [-0.39, 0.29) is 24.8 Å². The standard InChI is InChI=1S/2C15H25Si.2ClH.Zr/c2*1-3-5-7-14-8-9-15(13-14)16(10-4-2)11-6-12-16;;;/h2*8-9,13H,3-7,10-12H2,1-2H3;2*1H;/q;;;;+2/p-2. The van der Waals surface area contributed by atoms with Gasteiger partial charge >= 0.3 is 221 Å². The van der Waals surface area contributed by atoms with Crippen molar-refractivity contribution < 1.29 is 48.0 Å². The molecule has 5 heteroatoms. The van der Waals surface area contributed by atoms with Crippen molar-refractivity contribution >= 4 is 16.1 Å². The molecule has 4 aliphatic rings. The Morgan fingerprint density at radius 3 is 1.34 bits per heavy atom. The smallest absolute Gasteiger partial charge is 1.00 e. The van der Waals surface area contributed by atoms with Crippen LogP contribution in [-0.2, 0) is 23.2 Å². The summed E-state index contributed by atoms with van der Waals surface area (Å²) in [5.74, 6) is 0. The molecule has 2 heterocycles. The van der Waals surface area contributed by atoms with Gasteiger partial charge in [0.1, 0.15) is 0 Å². The van der Waals surface area contributed by atoms with Gasteiger partial charge in [0.15, 0.2) is 0 Å². The van der Waals surface area contributed by atoms with Crippen LogP contribution < -0.4 is 24.8 Å². The van der Waals surface area contributed by atoms with Gasteiger partial charge in [-0.3, -0.25) is 0 Å². The summed E-state index contributed by atoms with van der Waals surface area (Å²) in [6, 6.07) is 9.44. The van der Waals surface area contributed by atoms with E-state index in [9.17, 15) is 0 Å². The molecule has 4 rings (SSSR count). The number of rotatable bonds is 14. The molecule has 0 bridgehead atoms. The molecule has 2 atom stereocenters. The average molecular weight is 629 g/mol. The summed E-state index contributed by atoms with van der Waals surface area (Å²) in [4.78, 5) is 0. The molecule has 0 saturated carbocycles. The Balaban J connectivity index is 0.00000216. The second kappa shape index (κ2) is 13.8. The fourth-order valence-electron chi connectivity index (χ4n) is 7.38. The Hall–Kier alpha value is 0.857. The number of hydrogen-bond donors (Lipinski definition) is 0. The topological polar surface area (TPSA) is 0 Å². The van der Waals surface area contributed by atoms with Crippen LogP contribution in [0, 0.1) is 0 Å². The molecular formula is C30H50Cl2Si2Zr. The van der Waals surface area contributed by atoms with Crippen molar-refractivity contribution in [2.75, 3.05) is 0 Å². The summed E-state index contributed by atoms with van der Waals surface area (Å²) >= 11 is -0.725. The van der Waals surface area contributed by atoms with Gasteiger partial charge in [0.2, 0.25) is 0 Å². The molecular weight excluding hydrogens is 579 g/mol. The molecule has 0 aromatic heterocycles. The van der Waals surface area contributed by atoms with Crippen LogP contribution in [0.3, 0.4) is 0 Å². The van der Waals surface area contributed by atoms with E-state index in [1.807, 2.05) is 10.4 Å². The Morgan fingerprint density at radius 2 is 1.06 bits per heavy atom. The SMILES string of the molecule is CCCC[C]1([Zr+2][C]2(CCCC)C=CC([Si]3(CCC)CCC3)=C2)C=CC([Si]2(CCC)CCC2)=C1.[Cl-].[Cl-]. The molecule has 2 unspecified atom stereocenters. The third kappa shape index (κ3) is 6.72. The van der Waals surface area contributed by atoms with Gasteiger partial charge in [-0.25, -0.2) is 0 Å². The Labute approximate surface area is 243 Å². The van der Waals surface area contributed by atoms with Crippen molar-refractivity contribution in [2.24, 2.45) is 0 Å². The zero-order valence-electron chi connectivity index (χ0n) is 23.0. The summed E-state index contributed by atoms with van der Waals surface area (Å²) < 4.78 is 0.975. The first-order valence-electron chi connectivity index (χ1n) is 14.6. The summed E-state index contributed by atoms with van der Waals surface area (Å²) in [6.45, 7) is 9.66. The molecule has 0 N–H and O–H groups in total. The van der Waals surface area contributed by atoms with Gasteiger partial charge in [-0.05, 0) is 0 Å². The summed E-state index contributed by atoms with van der Waals surface area (Å²) in [7, 11) is -2.24. The minimum Gasteiger partial charge on any atom is -1.00 e. The zero-order valence-corrected chi connectivity index (χ0v) is 29.0. The van der Waals surface area contributed by atoms with Crippen molar-refractivity contribution in [2.45, 2.75) is 134 Å². The molecule has 35 heavy (non-hydrogen) atoms. The molecule has 2 aliphatic heterocycles. The molecule has 0 nitrogen and oxygen atoms in total. The maximum absolute atomic E-state index is 2.95. The summed E-state index contributed by atoms with van der Waals surface area (Å²) in [5, 5.41) is 3.81. The van der Waals surface area contributed by atoms with Crippen molar-refractivity contribution in [3.05, 3.63) is 46.8 Å². The normalized spacial score (nSPS) is 29.3. The predicted octanol–water partition coefficient (Wildman–Crippen LogP) is 4.37. The van der Waals surface area contributed by atoms with Gasteiger partial charge in [0, 0.05) is 0 Å². The van der Waals surface area contributed by atoms with Crippen LogP contribution >= 0.6 is 0 Å². The van der Waals surface area contributed by atoms with Crippen LogP contribution in [0.25, 0.3) is 0 Å². The molecule has 0 aromatic rings. The molecule has 0 aromatic carbocycles. The van der Waals surface area contributed by atoms with E-state index in [2.05, 4.69) is 64.2 Å². The van der Waals surface area contributed by atoms with E-state index >= 15 is 0 Å².